The summed E-state index contributed by atoms with van der Waals surface area (Å²) in [7, 11) is -3.26. The second kappa shape index (κ2) is 5.84. The Balaban J connectivity index is 0.00000144. The highest BCUT2D eigenvalue weighted by molar-refractivity contribution is 7.87. The Morgan fingerprint density at radius 1 is 1.35 bits per heavy atom. The number of fused-ring (bicyclic) bond motifs is 1. The number of nitrogens with zero attached hydrogens (tertiary/aromatic N) is 1. The molecular formula is C10H22ClN3O2S. The molecule has 102 valence electrons. The third-order valence-corrected chi connectivity index (χ3v) is 5.42. The van der Waals surface area contributed by atoms with Crippen LogP contribution in [0, 0.1) is 11.8 Å². The second-order valence-electron chi connectivity index (χ2n) is 4.84. The van der Waals surface area contributed by atoms with Crippen LogP contribution in [-0.4, -0.2) is 38.4 Å². The molecule has 0 aromatic carbocycles. The van der Waals surface area contributed by atoms with Crippen molar-refractivity contribution in [3.8, 4) is 0 Å². The summed E-state index contributed by atoms with van der Waals surface area (Å²) in [6.45, 7) is 3.49. The average Bonchev–Trinajstić information content (AvgIpc) is 2.63. The highest BCUT2D eigenvalue weighted by Crippen LogP contribution is 2.36. The molecule has 17 heavy (non-hydrogen) atoms. The summed E-state index contributed by atoms with van der Waals surface area (Å²) in [6, 6.07) is 0.181. The number of nitrogens with two attached hydrogens (primary N) is 1. The third kappa shape index (κ3) is 3.12. The van der Waals surface area contributed by atoms with Gasteiger partial charge < -0.3 is 5.73 Å². The van der Waals surface area contributed by atoms with E-state index in [-0.39, 0.29) is 18.4 Å². The van der Waals surface area contributed by atoms with Crippen molar-refractivity contribution < 1.29 is 8.42 Å². The van der Waals surface area contributed by atoms with Gasteiger partial charge in [-0.1, -0.05) is 13.3 Å². The Bertz CT molecular complexity index is 349. The summed E-state index contributed by atoms with van der Waals surface area (Å²) < 4.78 is 27.8. The van der Waals surface area contributed by atoms with E-state index in [1.807, 2.05) is 0 Å². The van der Waals surface area contributed by atoms with Crippen LogP contribution >= 0.6 is 12.4 Å². The Morgan fingerprint density at radius 2 is 2.06 bits per heavy atom. The quantitative estimate of drug-likeness (QED) is 0.783. The molecule has 0 bridgehead atoms. The highest BCUT2D eigenvalue weighted by Gasteiger charge is 2.42. The van der Waals surface area contributed by atoms with Gasteiger partial charge in [0.05, 0.1) is 0 Å². The maximum absolute atomic E-state index is 11.9. The van der Waals surface area contributed by atoms with Gasteiger partial charge in [0.25, 0.3) is 10.2 Å². The van der Waals surface area contributed by atoms with Crippen molar-refractivity contribution in [1.29, 1.82) is 0 Å². The van der Waals surface area contributed by atoms with Gasteiger partial charge >= 0.3 is 0 Å². The molecule has 2 aliphatic rings. The fourth-order valence-corrected chi connectivity index (χ4v) is 4.25. The summed E-state index contributed by atoms with van der Waals surface area (Å²) in [5.74, 6) is 0.833. The SMILES string of the molecule is CCNS(=O)(=O)N1CC2CCCC(N)C2C1.Cl. The summed E-state index contributed by atoms with van der Waals surface area (Å²) >= 11 is 0. The first-order valence-corrected chi connectivity index (χ1v) is 7.49. The van der Waals surface area contributed by atoms with E-state index in [1.54, 1.807) is 11.2 Å². The van der Waals surface area contributed by atoms with Gasteiger partial charge in [0.2, 0.25) is 0 Å². The number of hydrogen-bond acceptors (Lipinski definition) is 3. The van der Waals surface area contributed by atoms with E-state index < -0.39 is 10.2 Å². The fraction of sp³-hybridized carbons (Fsp3) is 1.00. The summed E-state index contributed by atoms with van der Waals surface area (Å²) in [5.41, 5.74) is 6.06. The van der Waals surface area contributed by atoms with Crippen LogP contribution in [0.15, 0.2) is 0 Å². The molecule has 1 aliphatic heterocycles. The molecule has 2 fully saturated rings. The molecule has 0 radical (unpaired) electrons. The second-order valence-corrected chi connectivity index (χ2v) is 6.59. The van der Waals surface area contributed by atoms with E-state index in [0.29, 0.717) is 31.5 Å². The van der Waals surface area contributed by atoms with Gasteiger partial charge in [-0.25, -0.2) is 4.72 Å². The minimum absolute atomic E-state index is 0. The average molecular weight is 284 g/mol. The Morgan fingerprint density at radius 3 is 2.65 bits per heavy atom. The molecule has 1 saturated heterocycles. The van der Waals surface area contributed by atoms with Crippen LogP contribution < -0.4 is 10.5 Å². The van der Waals surface area contributed by atoms with E-state index in [2.05, 4.69) is 4.72 Å². The lowest BCUT2D eigenvalue weighted by Crippen LogP contribution is -2.41. The zero-order valence-corrected chi connectivity index (χ0v) is 11.8. The molecule has 1 aliphatic carbocycles. The van der Waals surface area contributed by atoms with E-state index in [1.165, 1.54) is 0 Å². The maximum atomic E-state index is 11.9. The topological polar surface area (TPSA) is 75.4 Å². The van der Waals surface area contributed by atoms with Gasteiger partial charge in [-0.15, -0.1) is 12.4 Å². The van der Waals surface area contributed by atoms with Crippen LogP contribution in [0.5, 0.6) is 0 Å². The summed E-state index contributed by atoms with van der Waals surface area (Å²) in [4.78, 5) is 0. The Labute approximate surface area is 110 Å². The van der Waals surface area contributed by atoms with Gasteiger partial charge in [-0.3, -0.25) is 0 Å². The lowest BCUT2D eigenvalue weighted by molar-refractivity contribution is 0.260. The molecule has 0 spiro atoms. The molecule has 7 heteroatoms. The molecule has 5 nitrogen and oxygen atoms in total. The van der Waals surface area contributed by atoms with Crippen LogP contribution in [0.1, 0.15) is 26.2 Å². The van der Waals surface area contributed by atoms with Gasteiger partial charge in [0, 0.05) is 25.7 Å². The summed E-state index contributed by atoms with van der Waals surface area (Å²) in [5, 5.41) is 0. The van der Waals surface area contributed by atoms with E-state index in [9.17, 15) is 8.42 Å². The van der Waals surface area contributed by atoms with Crippen LogP contribution in [0.3, 0.4) is 0 Å². The zero-order chi connectivity index (χ0) is 11.8. The monoisotopic (exact) mass is 283 g/mol. The molecule has 3 atom stereocenters. The number of nitrogens with one attached hydrogen (secondary N) is 1. The predicted molar refractivity (Wildman–Crippen MR) is 70.2 cm³/mol. The standard InChI is InChI=1S/C10H21N3O2S.ClH/c1-2-12-16(14,15)13-6-8-4-3-5-10(11)9(8)7-13;/h8-10,12H,2-7,11H2,1H3;1H. The first-order valence-electron chi connectivity index (χ1n) is 6.05. The van der Waals surface area contributed by atoms with Crippen molar-refractivity contribution in [2.45, 2.75) is 32.2 Å². The molecule has 1 saturated carbocycles. The highest BCUT2D eigenvalue weighted by atomic mass is 35.5. The first kappa shape index (κ1) is 15.2. The van der Waals surface area contributed by atoms with Gasteiger partial charge in [-0.05, 0) is 24.7 Å². The molecule has 0 aromatic rings. The lowest BCUT2D eigenvalue weighted by Gasteiger charge is -2.29. The Kier molecular flexibility index (Phi) is 5.21. The zero-order valence-electron chi connectivity index (χ0n) is 10.1. The summed E-state index contributed by atoms with van der Waals surface area (Å²) in [6.07, 6.45) is 3.30. The van der Waals surface area contributed by atoms with Crippen LogP contribution in [-0.2, 0) is 10.2 Å². The lowest BCUT2D eigenvalue weighted by atomic mass is 9.78. The van der Waals surface area contributed by atoms with E-state index >= 15 is 0 Å². The molecule has 1 heterocycles. The minimum Gasteiger partial charge on any atom is -0.327 e. The van der Waals surface area contributed by atoms with Crippen molar-refractivity contribution in [1.82, 2.24) is 9.03 Å². The first-order chi connectivity index (χ1) is 7.54. The maximum Gasteiger partial charge on any atom is 0.279 e. The largest absolute Gasteiger partial charge is 0.327 e. The van der Waals surface area contributed by atoms with Gasteiger partial charge in [0.15, 0.2) is 0 Å². The van der Waals surface area contributed by atoms with Crippen LogP contribution in [0.25, 0.3) is 0 Å². The van der Waals surface area contributed by atoms with Crippen molar-refractivity contribution >= 4 is 22.6 Å². The molecule has 0 amide bonds. The van der Waals surface area contributed by atoms with Gasteiger partial charge in [0.1, 0.15) is 0 Å². The smallest absolute Gasteiger partial charge is 0.279 e. The Hall–Kier alpha value is 0.120. The fourth-order valence-electron chi connectivity index (χ4n) is 2.95. The third-order valence-electron chi connectivity index (χ3n) is 3.79. The normalized spacial score (nSPS) is 34.1. The van der Waals surface area contributed by atoms with Crippen molar-refractivity contribution in [3.05, 3.63) is 0 Å². The number of hydrogen-bond donors (Lipinski definition) is 2. The molecule has 3 N–H and O–H groups in total. The van der Waals surface area contributed by atoms with Crippen molar-refractivity contribution in [3.63, 3.8) is 0 Å². The van der Waals surface area contributed by atoms with E-state index in [4.69, 9.17) is 5.73 Å². The minimum atomic E-state index is -3.26. The molecule has 2 rings (SSSR count). The number of halogens is 1. The van der Waals surface area contributed by atoms with Crippen LogP contribution in [0.4, 0.5) is 0 Å². The predicted octanol–water partition coefficient (Wildman–Crippen LogP) is 0.322. The van der Waals surface area contributed by atoms with E-state index in [0.717, 1.165) is 19.3 Å². The van der Waals surface area contributed by atoms with Gasteiger partial charge in [-0.2, -0.15) is 12.7 Å². The van der Waals surface area contributed by atoms with Crippen molar-refractivity contribution in [2.75, 3.05) is 19.6 Å². The van der Waals surface area contributed by atoms with Crippen molar-refractivity contribution in [2.24, 2.45) is 17.6 Å². The van der Waals surface area contributed by atoms with Crippen LogP contribution in [0.2, 0.25) is 0 Å². The number of rotatable bonds is 3. The molecule has 3 unspecified atom stereocenters. The molecule has 0 aromatic heterocycles. The molecular weight excluding hydrogens is 262 g/mol.